The number of nitrogens with zero attached hydrogens (tertiary/aromatic N) is 4. The first-order valence-corrected chi connectivity index (χ1v) is 9.15. The highest BCUT2D eigenvalue weighted by Gasteiger charge is 2.26. The average Bonchev–Trinajstić information content (AvgIpc) is 3.11. The summed E-state index contributed by atoms with van der Waals surface area (Å²) in [4.78, 5) is 14.5. The molecule has 1 fully saturated rings. The van der Waals surface area contributed by atoms with E-state index >= 15 is 0 Å². The van der Waals surface area contributed by atoms with Crippen LogP contribution in [0.3, 0.4) is 0 Å². The molecule has 1 N–H and O–H groups in total. The maximum absolute atomic E-state index is 14.1. The maximum Gasteiger partial charge on any atom is 0.242 e. The van der Waals surface area contributed by atoms with E-state index in [1.54, 1.807) is 43.5 Å². The lowest BCUT2D eigenvalue weighted by Gasteiger charge is -2.25. The van der Waals surface area contributed by atoms with Crippen LogP contribution in [0.4, 0.5) is 4.39 Å². The van der Waals surface area contributed by atoms with Crippen LogP contribution in [0.5, 0.6) is 0 Å². The SMILES string of the molecule is CN(C)C(C(=O)NCc1nncn1C1CCCCC1)c1ccccc1F. The van der Waals surface area contributed by atoms with Crippen molar-refractivity contribution in [2.75, 3.05) is 14.1 Å². The molecule has 26 heavy (non-hydrogen) atoms. The predicted molar refractivity (Wildman–Crippen MR) is 96.8 cm³/mol. The second-order valence-corrected chi connectivity index (χ2v) is 7.05. The molecular formula is C19H26FN5O. The molecule has 1 aromatic heterocycles. The highest BCUT2D eigenvalue weighted by molar-refractivity contribution is 5.83. The van der Waals surface area contributed by atoms with Gasteiger partial charge in [0.05, 0.1) is 6.54 Å². The van der Waals surface area contributed by atoms with E-state index in [1.165, 1.54) is 25.3 Å². The van der Waals surface area contributed by atoms with Crippen LogP contribution in [0.15, 0.2) is 30.6 Å². The van der Waals surface area contributed by atoms with Crippen molar-refractivity contribution in [3.63, 3.8) is 0 Å². The molecule has 0 radical (unpaired) electrons. The van der Waals surface area contributed by atoms with Gasteiger partial charge < -0.3 is 9.88 Å². The van der Waals surface area contributed by atoms with E-state index in [2.05, 4.69) is 20.1 Å². The zero-order valence-electron chi connectivity index (χ0n) is 15.4. The molecule has 0 bridgehead atoms. The van der Waals surface area contributed by atoms with Crippen LogP contribution >= 0.6 is 0 Å². The van der Waals surface area contributed by atoms with Crippen LogP contribution in [-0.4, -0.2) is 39.7 Å². The van der Waals surface area contributed by atoms with Gasteiger partial charge in [-0.15, -0.1) is 10.2 Å². The second kappa shape index (κ2) is 8.40. The fourth-order valence-electron chi connectivity index (χ4n) is 3.67. The van der Waals surface area contributed by atoms with Gasteiger partial charge in [0, 0.05) is 11.6 Å². The topological polar surface area (TPSA) is 63.1 Å². The van der Waals surface area contributed by atoms with E-state index in [9.17, 15) is 9.18 Å². The summed E-state index contributed by atoms with van der Waals surface area (Å²) in [6.07, 6.45) is 7.69. The molecule has 6 nitrogen and oxygen atoms in total. The van der Waals surface area contributed by atoms with Crippen molar-refractivity contribution in [1.82, 2.24) is 25.0 Å². The molecule has 7 heteroatoms. The minimum absolute atomic E-state index is 0.252. The number of rotatable bonds is 6. The Hall–Kier alpha value is -2.28. The molecule has 3 rings (SSSR count). The number of benzene rings is 1. The molecular weight excluding hydrogens is 333 g/mol. The Balaban J connectivity index is 1.70. The zero-order chi connectivity index (χ0) is 18.5. The summed E-state index contributed by atoms with van der Waals surface area (Å²) < 4.78 is 16.2. The predicted octanol–water partition coefficient (Wildman–Crippen LogP) is 2.84. The van der Waals surface area contributed by atoms with Crippen molar-refractivity contribution in [3.05, 3.63) is 47.8 Å². The van der Waals surface area contributed by atoms with Gasteiger partial charge in [0.25, 0.3) is 0 Å². The summed E-state index contributed by atoms with van der Waals surface area (Å²) in [6.45, 7) is 0.286. The van der Waals surface area contributed by atoms with Crippen LogP contribution in [0, 0.1) is 5.82 Å². The van der Waals surface area contributed by atoms with E-state index in [4.69, 9.17) is 0 Å². The maximum atomic E-state index is 14.1. The van der Waals surface area contributed by atoms with Crippen molar-refractivity contribution in [2.45, 2.75) is 50.7 Å². The first kappa shape index (κ1) is 18.5. The Kier molecular flexibility index (Phi) is 5.98. The van der Waals surface area contributed by atoms with E-state index in [0.29, 0.717) is 11.6 Å². The molecule has 1 aromatic carbocycles. The molecule has 1 amide bonds. The Labute approximate surface area is 153 Å². The number of nitrogens with one attached hydrogen (secondary N) is 1. The van der Waals surface area contributed by atoms with Crippen LogP contribution < -0.4 is 5.32 Å². The summed E-state index contributed by atoms with van der Waals surface area (Å²) in [6, 6.07) is 6.09. The van der Waals surface area contributed by atoms with Gasteiger partial charge in [0.1, 0.15) is 18.2 Å². The molecule has 0 saturated heterocycles. The van der Waals surface area contributed by atoms with Gasteiger partial charge in [-0.25, -0.2) is 4.39 Å². The highest BCUT2D eigenvalue weighted by atomic mass is 19.1. The number of carbonyl (C=O) groups is 1. The van der Waals surface area contributed by atoms with Crippen molar-refractivity contribution in [1.29, 1.82) is 0 Å². The van der Waals surface area contributed by atoms with Crippen molar-refractivity contribution in [3.8, 4) is 0 Å². The summed E-state index contributed by atoms with van der Waals surface area (Å²) in [7, 11) is 3.53. The number of carbonyl (C=O) groups excluding carboxylic acids is 1. The number of likely N-dealkylation sites (N-methyl/N-ethyl adjacent to an activating group) is 1. The number of aromatic nitrogens is 3. The minimum atomic E-state index is -0.692. The molecule has 1 heterocycles. The van der Waals surface area contributed by atoms with Crippen LogP contribution in [-0.2, 0) is 11.3 Å². The molecule has 1 saturated carbocycles. The third-order valence-electron chi connectivity index (χ3n) is 5.00. The third-order valence-corrected chi connectivity index (χ3v) is 5.00. The zero-order valence-corrected chi connectivity index (χ0v) is 15.4. The van der Waals surface area contributed by atoms with Gasteiger partial charge in [-0.2, -0.15) is 0 Å². The summed E-state index contributed by atoms with van der Waals surface area (Å²) >= 11 is 0. The average molecular weight is 359 g/mol. The third kappa shape index (κ3) is 4.09. The lowest BCUT2D eigenvalue weighted by molar-refractivity contribution is -0.126. The molecule has 1 aliphatic rings. The molecule has 1 atom stereocenters. The smallest absolute Gasteiger partial charge is 0.242 e. The Bertz CT molecular complexity index is 739. The van der Waals surface area contributed by atoms with Crippen molar-refractivity contribution >= 4 is 5.91 Å². The lowest BCUT2D eigenvalue weighted by atomic mass is 9.95. The normalized spacial score (nSPS) is 16.6. The van der Waals surface area contributed by atoms with Crippen molar-refractivity contribution < 1.29 is 9.18 Å². The lowest BCUT2D eigenvalue weighted by Crippen LogP contribution is -2.37. The highest BCUT2D eigenvalue weighted by Crippen LogP contribution is 2.28. The fourth-order valence-corrected chi connectivity index (χ4v) is 3.67. The largest absolute Gasteiger partial charge is 0.347 e. The van der Waals surface area contributed by atoms with Gasteiger partial charge in [0.15, 0.2) is 5.82 Å². The molecule has 140 valence electrons. The quantitative estimate of drug-likeness (QED) is 0.861. The monoisotopic (exact) mass is 359 g/mol. The Morgan fingerprint density at radius 3 is 2.73 bits per heavy atom. The van der Waals surface area contributed by atoms with E-state index < -0.39 is 6.04 Å². The number of halogens is 1. The van der Waals surface area contributed by atoms with Crippen LogP contribution in [0.25, 0.3) is 0 Å². The van der Waals surface area contributed by atoms with Gasteiger partial charge in [-0.3, -0.25) is 9.69 Å². The summed E-state index contributed by atoms with van der Waals surface area (Å²) in [5.41, 5.74) is 0.365. The fraction of sp³-hybridized carbons (Fsp3) is 0.526. The Morgan fingerprint density at radius 2 is 2.04 bits per heavy atom. The number of amides is 1. The van der Waals surface area contributed by atoms with E-state index in [1.807, 2.05) is 0 Å². The minimum Gasteiger partial charge on any atom is -0.347 e. The van der Waals surface area contributed by atoms with Crippen LogP contribution in [0.2, 0.25) is 0 Å². The van der Waals surface area contributed by atoms with Crippen molar-refractivity contribution in [2.24, 2.45) is 0 Å². The van der Waals surface area contributed by atoms with Crippen LogP contribution in [0.1, 0.15) is 55.6 Å². The first-order valence-electron chi connectivity index (χ1n) is 9.15. The summed E-state index contributed by atoms with van der Waals surface area (Å²) in [5.74, 6) is 0.112. The van der Waals surface area contributed by atoms with E-state index in [-0.39, 0.29) is 18.3 Å². The second-order valence-electron chi connectivity index (χ2n) is 7.05. The standard InChI is InChI=1S/C19H26FN5O/c1-24(2)18(15-10-6-7-11-16(15)20)19(26)21-12-17-23-22-13-25(17)14-8-4-3-5-9-14/h6-7,10-11,13-14,18H,3-5,8-9,12H2,1-2H3,(H,21,26). The number of hydrogen-bond donors (Lipinski definition) is 1. The first-order chi connectivity index (χ1) is 12.6. The molecule has 1 unspecified atom stereocenters. The molecule has 0 spiro atoms. The van der Waals surface area contributed by atoms with Gasteiger partial charge >= 0.3 is 0 Å². The van der Waals surface area contributed by atoms with Gasteiger partial charge in [-0.05, 0) is 33.0 Å². The number of hydrogen-bond acceptors (Lipinski definition) is 4. The van der Waals surface area contributed by atoms with Gasteiger partial charge in [0.2, 0.25) is 5.91 Å². The summed E-state index contributed by atoms with van der Waals surface area (Å²) in [5, 5.41) is 11.1. The molecule has 0 aliphatic heterocycles. The molecule has 2 aromatic rings. The van der Waals surface area contributed by atoms with E-state index in [0.717, 1.165) is 18.7 Å². The molecule has 1 aliphatic carbocycles. The van der Waals surface area contributed by atoms with Gasteiger partial charge in [-0.1, -0.05) is 37.5 Å². The Morgan fingerprint density at radius 1 is 1.31 bits per heavy atom.